The highest BCUT2D eigenvalue weighted by molar-refractivity contribution is 9.10. The van der Waals surface area contributed by atoms with E-state index >= 15 is 0 Å². The van der Waals surface area contributed by atoms with Crippen molar-refractivity contribution in [3.05, 3.63) is 63.7 Å². The number of hydrogen-bond donors (Lipinski definition) is 1. The van der Waals surface area contributed by atoms with Crippen molar-refractivity contribution in [3.8, 4) is 11.5 Å². The van der Waals surface area contributed by atoms with Crippen LogP contribution in [-0.2, 0) is 16.4 Å². The van der Waals surface area contributed by atoms with Gasteiger partial charge in [0.1, 0.15) is 16.3 Å². The molecule has 0 aliphatic carbocycles. The second kappa shape index (κ2) is 7.87. The Morgan fingerprint density at radius 1 is 1.27 bits per heavy atom. The Balaban J connectivity index is 1.65. The van der Waals surface area contributed by atoms with Crippen LogP contribution in [0.5, 0.6) is 0 Å². The molecule has 0 atom stereocenters. The van der Waals surface area contributed by atoms with Gasteiger partial charge in [0.25, 0.3) is 0 Å². The fourth-order valence-electron chi connectivity index (χ4n) is 2.23. The van der Waals surface area contributed by atoms with Gasteiger partial charge in [-0.25, -0.2) is 23.1 Å². The van der Waals surface area contributed by atoms with Crippen molar-refractivity contribution in [1.82, 2.24) is 14.7 Å². The Bertz CT molecular complexity index is 1020. The molecule has 3 rings (SSSR count). The second-order valence-electron chi connectivity index (χ2n) is 5.60. The minimum Gasteiger partial charge on any atom is -0.444 e. The number of pyridine rings is 1. The zero-order valence-corrected chi connectivity index (χ0v) is 16.9. The summed E-state index contributed by atoms with van der Waals surface area (Å²) >= 11 is 9.07. The van der Waals surface area contributed by atoms with Gasteiger partial charge in [-0.2, -0.15) is 0 Å². The molecule has 1 N–H and O–H groups in total. The lowest BCUT2D eigenvalue weighted by Crippen LogP contribution is -2.26. The second-order valence-corrected chi connectivity index (χ2v) is 8.61. The van der Waals surface area contributed by atoms with Crippen molar-refractivity contribution in [2.24, 2.45) is 0 Å². The van der Waals surface area contributed by atoms with Crippen LogP contribution >= 0.6 is 27.5 Å². The van der Waals surface area contributed by atoms with Crippen molar-refractivity contribution in [3.63, 3.8) is 0 Å². The number of nitrogens with zero attached hydrogens (tertiary/aromatic N) is 2. The number of aryl methyl sites for hydroxylation is 1. The van der Waals surface area contributed by atoms with Crippen LogP contribution in [-0.4, -0.2) is 24.9 Å². The van der Waals surface area contributed by atoms with Crippen LogP contribution in [0.3, 0.4) is 0 Å². The normalized spacial score (nSPS) is 11.7. The molecular formula is C17H15BrClN3O3S. The van der Waals surface area contributed by atoms with Crippen LogP contribution in [0.2, 0.25) is 5.15 Å². The van der Waals surface area contributed by atoms with E-state index in [1.165, 1.54) is 18.5 Å². The van der Waals surface area contributed by atoms with Gasteiger partial charge in [0.05, 0.1) is 5.69 Å². The monoisotopic (exact) mass is 455 g/mol. The topological polar surface area (TPSA) is 85.1 Å². The van der Waals surface area contributed by atoms with Gasteiger partial charge in [-0.05, 0) is 41.1 Å². The molecule has 26 heavy (non-hydrogen) atoms. The van der Waals surface area contributed by atoms with Crippen LogP contribution in [0.4, 0.5) is 0 Å². The lowest BCUT2D eigenvalue weighted by molar-refractivity contribution is 0.570. The van der Waals surface area contributed by atoms with Gasteiger partial charge in [0.2, 0.25) is 15.9 Å². The van der Waals surface area contributed by atoms with Crippen LogP contribution in [0.25, 0.3) is 11.5 Å². The van der Waals surface area contributed by atoms with E-state index in [1.54, 1.807) is 0 Å². The number of hydrogen-bond acceptors (Lipinski definition) is 5. The zero-order valence-electron chi connectivity index (χ0n) is 13.7. The molecule has 3 aromatic rings. The molecule has 9 heteroatoms. The van der Waals surface area contributed by atoms with Crippen LogP contribution in [0.1, 0.15) is 11.3 Å². The first-order valence-corrected chi connectivity index (χ1v) is 10.3. The number of aromatic nitrogens is 2. The zero-order chi connectivity index (χ0) is 18.7. The molecule has 0 bridgehead atoms. The molecule has 0 amide bonds. The summed E-state index contributed by atoms with van der Waals surface area (Å²) in [5.74, 6) is 0.502. The molecule has 0 spiro atoms. The molecule has 1 aromatic carbocycles. The van der Waals surface area contributed by atoms with Gasteiger partial charge in [-0.1, -0.05) is 29.3 Å². The van der Waals surface area contributed by atoms with E-state index in [-0.39, 0.29) is 16.6 Å². The van der Waals surface area contributed by atoms with E-state index in [4.69, 9.17) is 16.0 Å². The number of oxazole rings is 1. The van der Waals surface area contributed by atoms with Crippen LogP contribution < -0.4 is 4.72 Å². The fraction of sp³-hybridized carbons (Fsp3) is 0.176. The summed E-state index contributed by atoms with van der Waals surface area (Å²) in [4.78, 5) is 8.14. The number of halogens is 2. The quantitative estimate of drug-likeness (QED) is 0.567. The predicted octanol–water partition coefficient (Wildman–Crippen LogP) is 3.98. The minimum absolute atomic E-state index is 0.0750. The highest BCUT2D eigenvalue weighted by Crippen LogP contribution is 2.23. The summed E-state index contributed by atoms with van der Waals surface area (Å²) in [6, 6.07) is 9.21. The predicted molar refractivity (Wildman–Crippen MR) is 103 cm³/mol. The van der Waals surface area contributed by atoms with Crippen LogP contribution in [0, 0.1) is 6.92 Å². The maximum absolute atomic E-state index is 12.4. The summed E-state index contributed by atoms with van der Waals surface area (Å²) in [5.41, 5.74) is 2.67. The average Bonchev–Trinajstić information content (AvgIpc) is 3.06. The summed E-state index contributed by atoms with van der Waals surface area (Å²) in [7, 11) is -3.77. The van der Waals surface area contributed by atoms with Crippen molar-refractivity contribution in [1.29, 1.82) is 0 Å². The maximum Gasteiger partial charge on any atom is 0.243 e. The standard InChI is InChI=1S/C17H15BrClN3O3S/c1-11-2-4-12(5-3-11)17-22-14(10-25-17)6-7-21-26(23,24)15-8-13(18)9-20-16(15)19/h2-5,8-10,21H,6-7H2,1H3. The van der Waals surface area contributed by atoms with Gasteiger partial charge < -0.3 is 4.42 Å². The van der Waals surface area contributed by atoms with Crippen molar-refractivity contribution >= 4 is 37.6 Å². The average molecular weight is 457 g/mol. The van der Waals surface area contributed by atoms with Crippen LogP contribution in [0.15, 0.2) is 56.6 Å². The van der Waals surface area contributed by atoms with Gasteiger partial charge in [-0.3, -0.25) is 0 Å². The Labute approximate surface area is 164 Å². The molecule has 0 radical (unpaired) electrons. The molecule has 2 heterocycles. The van der Waals surface area contributed by atoms with Gasteiger partial charge in [0, 0.05) is 29.2 Å². The van der Waals surface area contributed by atoms with Crippen molar-refractivity contribution < 1.29 is 12.8 Å². The number of nitrogens with one attached hydrogen (secondary N) is 1. The van der Waals surface area contributed by atoms with Crippen molar-refractivity contribution in [2.45, 2.75) is 18.2 Å². The Morgan fingerprint density at radius 3 is 2.73 bits per heavy atom. The van der Waals surface area contributed by atoms with Gasteiger partial charge in [-0.15, -0.1) is 0 Å². The number of sulfonamides is 1. The first-order valence-electron chi connectivity index (χ1n) is 7.67. The summed E-state index contributed by atoms with van der Waals surface area (Å²) < 4.78 is 33.2. The summed E-state index contributed by atoms with van der Waals surface area (Å²) in [6.45, 7) is 2.16. The third-order valence-electron chi connectivity index (χ3n) is 3.59. The summed E-state index contributed by atoms with van der Waals surface area (Å²) in [6.07, 6.45) is 3.34. The third-order valence-corrected chi connectivity index (χ3v) is 5.91. The lowest BCUT2D eigenvalue weighted by atomic mass is 10.1. The van der Waals surface area contributed by atoms with E-state index in [0.29, 0.717) is 22.5 Å². The molecule has 0 unspecified atom stereocenters. The van der Waals surface area contributed by atoms with E-state index in [9.17, 15) is 8.42 Å². The first-order chi connectivity index (χ1) is 12.3. The van der Waals surface area contributed by atoms with E-state index in [2.05, 4.69) is 30.6 Å². The third kappa shape index (κ3) is 4.50. The minimum atomic E-state index is -3.77. The largest absolute Gasteiger partial charge is 0.444 e. The highest BCUT2D eigenvalue weighted by Gasteiger charge is 2.19. The molecular weight excluding hydrogens is 442 g/mol. The molecule has 0 aliphatic rings. The highest BCUT2D eigenvalue weighted by atomic mass is 79.9. The lowest BCUT2D eigenvalue weighted by Gasteiger charge is -2.07. The molecule has 0 saturated heterocycles. The molecule has 136 valence electrons. The van der Waals surface area contributed by atoms with E-state index < -0.39 is 10.0 Å². The molecule has 0 fully saturated rings. The molecule has 6 nitrogen and oxygen atoms in total. The fourth-order valence-corrected chi connectivity index (χ4v) is 4.21. The van der Waals surface area contributed by atoms with E-state index in [0.717, 1.165) is 11.1 Å². The molecule has 0 saturated carbocycles. The Kier molecular flexibility index (Phi) is 5.76. The molecule has 2 aromatic heterocycles. The first kappa shape index (κ1) is 19.0. The summed E-state index contributed by atoms with van der Waals surface area (Å²) in [5, 5.41) is -0.0798. The smallest absolute Gasteiger partial charge is 0.243 e. The van der Waals surface area contributed by atoms with Gasteiger partial charge in [0.15, 0.2) is 0 Å². The van der Waals surface area contributed by atoms with E-state index in [1.807, 2.05) is 31.2 Å². The number of rotatable bonds is 6. The SMILES string of the molecule is Cc1ccc(-c2nc(CCNS(=O)(=O)c3cc(Br)cnc3Cl)co2)cc1. The Hall–Kier alpha value is -1.74. The van der Waals surface area contributed by atoms with Gasteiger partial charge >= 0.3 is 0 Å². The van der Waals surface area contributed by atoms with Crippen molar-refractivity contribution in [2.75, 3.05) is 6.54 Å². The maximum atomic E-state index is 12.4. The Morgan fingerprint density at radius 2 is 2.00 bits per heavy atom. The molecule has 0 aliphatic heterocycles. The number of benzene rings is 1.